The molecule has 0 spiro atoms. The smallest absolute Gasteiger partial charge is 0.305 e. The molecule has 104 heavy (non-hydrogen) atoms. The first-order chi connectivity index (χ1) is 49.9. The molecule has 0 radical (unpaired) electrons. The molecule has 562 valence electrons. The van der Waals surface area contributed by atoms with Gasteiger partial charge in [-0.2, -0.15) is 0 Å². The molecule has 0 aromatic heterocycles. The highest BCUT2D eigenvalue weighted by molar-refractivity contribution is 5.69. The molecule has 25 atom stereocenters. The van der Waals surface area contributed by atoms with Gasteiger partial charge in [0, 0.05) is 11.8 Å². The molecule has 0 heterocycles. The van der Waals surface area contributed by atoms with Crippen LogP contribution in [0.2, 0.25) is 0 Å². The number of carbonyl (C=O) groups is 1. The zero-order valence-corrected chi connectivity index (χ0v) is 63.5. The summed E-state index contributed by atoms with van der Waals surface area (Å²) in [5.41, 5.74) is 14.9. The molecule has 5 aromatic carbocycles. The molecular weight excluding hydrogens is 1290 g/mol. The van der Waals surface area contributed by atoms with Crippen molar-refractivity contribution in [1.29, 1.82) is 0 Å². The molecule has 0 unspecified atom stereocenters. The first-order valence-corrected chi connectivity index (χ1v) is 41.9. The van der Waals surface area contributed by atoms with E-state index in [2.05, 4.69) is 65.0 Å². The predicted octanol–water partition coefficient (Wildman–Crippen LogP) is 19.0. The maximum atomic E-state index is 11.8. The zero-order chi connectivity index (χ0) is 72.5. The molecule has 11 nitrogen and oxygen atoms in total. The number of aliphatic hydroxyl groups excluding tert-OH is 4. The van der Waals surface area contributed by atoms with Crippen molar-refractivity contribution < 1.29 is 55.5 Å². The molecule has 0 bridgehead atoms. The van der Waals surface area contributed by atoms with E-state index in [1.165, 1.54) is 152 Å². The van der Waals surface area contributed by atoms with Gasteiger partial charge in [-0.1, -0.05) is 71.9 Å². The van der Waals surface area contributed by atoms with Gasteiger partial charge in [0.2, 0.25) is 0 Å². The van der Waals surface area contributed by atoms with Crippen LogP contribution in [0.5, 0.6) is 28.7 Å². The quantitative estimate of drug-likeness (QED) is 0.0760. The summed E-state index contributed by atoms with van der Waals surface area (Å²) >= 11 is 0. The van der Waals surface area contributed by atoms with Crippen molar-refractivity contribution >= 4 is 5.97 Å². The number of aryl methyl sites for hydroxylation is 5. The van der Waals surface area contributed by atoms with Crippen molar-refractivity contribution in [2.45, 2.75) is 301 Å². The summed E-state index contributed by atoms with van der Waals surface area (Å²) in [6, 6.07) is 29.8. The van der Waals surface area contributed by atoms with Crippen molar-refractivity contribution in [2.24, 2.45) is 86.3 Å². The second kappa shape index (κ2) is 28.1. The molecule has 10 fully saturated rings. The largest absolute Gasteiger partial charge is 0.508 e. The van der Waals surface area contributed by atoms with Crippen molar-refractivity contribution in [1.82, 2.24) is 0 Å². The lowest BCUT2D eigenvalue weighted by atomic mass is 9.55. The second-order valence-corrected chi connectivity index (χ2v) is 38.0. The minimum absolute atomic E-state index is 0.0477. The van der Waals surface area contributed by atoms with Crippen LogP contribution < -0.4 is 0 Å². The molecule has 15 aliphatic rings. The standard InChI is InChI=1S/C21H28O3.4C18H24O2/c1-3-20(23)24-19-9-8-18-17-6-4-13-12-14(22)5-7-15(13)16(17)10-11-21(18,19)2;4*1-18-9-8-14-13-5-3-12(19)10-11(13)2-4-15(14)16(18)6-7-17(18)20/h5,7,12,16-19,22H,3-4,6,8-11H2,1-2H3;4*3,5,10,14-17,19-20H,2,4,6-9H2,1H3/t16-,17-,18+,19+,21+;4*14-,15-,16+,17+,18+/m11111/s1. The van der Waals surface area contributed by atoms with E-state index in [-0.39, 0.29) is 63.6 Å². The second-order valence-electron chi connectivity index (χ2n) is 38.0. The van der Waals surface area contributed by atoms with Crippen LogP contribution in [0.15, 0.2) is 91.0 Å². The first-order valence-electron chi connectivity index (χ1n) is 41.9. The summed E-state index contributed by atoms with van der Waals surface area (Å²) in [7, 11) is 0. The molecular formula is C93H124O11. The van der Waals surface area contributed by atoms with Crippen molar-refractivity contribution in [3.8, 4) is 28.7 Å². The lowest BCUT2D eigenvalue weighted by Crippen LogP contribution is -2.45. The van der Waals surface area contributed by atoms with E-state index < -0.39 is 0 Å². The lowest BCUT2D eigenvalue weighted by Gasteiger charge is -2.50. The van der Waals surface area contributed by atoms with Gasteiger partial charge in [-0.15, -0.1) is 0 Å². The van der Waals surface area contributed by atoms with Gasteiger partial charge < -0.3 is 50.7 Å². The van der Waals surface area contributed by atoms with Crippen molar-refractivity contribution in [3.63, 3.8) is 0 Å². The number of aromatic hydroxyl groups is 5. The van der Waals surface area contributed by atoms with Crippen LogP contribution in [0.1, 0.15) is 294 Å². The fourth-order valence-corrected chi connectivity index (χ4v) is 28.1. The number of phenolic OH excluding ortho intramolecular Hbond substituents is 5. The van der Waals surface area contributed by atoms with Crippen LogP contribution in [-0.2, 0) is 41.6 Å². The monoisotopic (exact) mass is 1420 g/mol. The van der Waals surface area contributed by atoms with Gasteiger partial charge in [0.25, 0.3) is 0 Å². The molecule has 9 N–H and O–H groups in total. The van der Waals surface area contributed by atoms with Gasteiger partial charge in [-0.05, 0) is 419 Å². The minimum Gasteiger partial charge on any atom is -0.508 e. The lowest BCUT2D eigenvalue weighted by molar-refractivity contribution is -0.157. The third-order valence-electron chi connectivity index (χ3n) is 33.8. The molecule has 0 amide bonds. The predicted molar refractivity (Wildman–Crippen MR) is 408 cm³/mol. The summed E-state index contributed by atoms with van der Waals surface area (Å²) in [6.07, 6.45) is 34.5. The normalized spacial score (nSPS) is 41.4. The number of hydrogen-bond donors (Lipinski definition) is 9. The Hall–Kier alpha value is -5.59. The highest BCUT2D eigenvalue weighted by Gasteiger charge is 2.60. The average molecular weight is 1420 g/mol. The van der Waals surface area contributed by atoms with E-state index in [0.29, 0.717) is 100 Å². The minimum atomic E-state index is -0.0883. The van der Waals surface area contributed by atoms with E-state index in [1.807, 2.05) is 67.6 Å². The Labute approximate surface area is 620 Å². The van der Waals surface area contributed by atoms with Crippen LogP contribution in [0.4, 0.5) is 0 Å². The van der Waals surface area contributed by atoms with Crippen LogP contribution in [0.3, 0.4) is 0 Å². The SMILES string of the molecule is CCC(=O)O[C@H]1CC[C@H]2[C@@H]3CCc4cc(O)ccc4[C@H]3CC[C@]12C.C[C@]12CC[C@@H]3c4ccc(O)cc4CC[C@H]3[C@@H]1CC[C@@H]2O.C[C@]12CC[C@@H]3c4ccc(O)cc4CC[C@H]3[C@@H]1CC[C@@H]2O.C[C@]12CC[C@@H]3c4ccc(O)cc4CC[C@H]3[C@@H]1CC[C@@H]2O.C[C@]12CC[C@@H]3c4ccc(O)cc4CC[C@H]3[C@@H]1CC[C@@H]2O. The average Bonchev–Trinajstić information content (AvgIpc) is 1.53. The van der Waals surface area contributed by atoms with E-state index >= 15 is 0 Å². The molecule has 11 heteroatoms. The number of ether oxygens (including phenoxy) is 1. The Bertz CT molecular complexity index is 3580. The number of aliphatic hydroxyl groups is 4. The van der Waals surface area contributed by atoms with Crippen molar-refractivity contribution in [2.75, 3.05) is 0 Å². The number of rotatable bonds is 2. The fraction of sp³-hybridized carbons (Fsp3) is 0.667. The number of hydrogen-bond acceptors (Lipinski definition) is 11. The number of fused-ring (bicyclic) bond motifs is 25. The summed E-state index contributed by atoms with van der Waals surface area (Å²) < 4.78 is 5.83. The Morgan fingerprint density at radius 1 is 0.317 bits per heavy atom. The first kappa shape index (κ1) is 72.6. The van der Waals surface area contributed by atoms with E-state index in [9.17, 15) is 50.8 Å². The molecule has 20 rings (SSSR count). The van der Waals surface area contributed by atoms with E-state index in [0.717, 1.165) is 120 Å². The van der Waals surface area contributed by atoms with E-state index in [4.69, 9.17) is 4.74 Å². The number of benzene rings is 5. The van der Waals surface area contributed by atoms with Gasteiger partial charge in [0.1, 0.15) is 34.9 Å². The van der Waals surface area contributed by atoms with Crippen LogP contribution in [-0.4, -0.2) is 82.4 Å². The maximum Gasteiger partial charge on any atom is 0.305 e. The molecule has 0 saturated heterocycles. The van der Waals surface area contributed by atoms with Gasteiger partial charge >= 0.3 is 5.97 Å². The zero-order valence-electron chi connectivity index (χ0n) is 63.5. The van der Waals surface area contributed by atoms with Crippen LogP contribution >= 0.6 is 0 Å². The number of phenols is 5. The molecule has 10 saturated carbocycles. The van der Waals surface area contributed by atoms with Gasteiger partial charge in [0.15, 0.2) is 0 Å². The number of esters is 1. The third kappa shape index (κ3) is 12.5. The Morgan fingerprint density at radius 2 is 0.538 bits per heavy atom. The Kier molecular flexibility index (Phi) is 19.6. The maximum absolute atomic E-state index is 11.8. The summed E-state index contributed by atoms with van der Waals surface area (Å²) in [6.45, 7) is 13.5. The van der Waals surface area contributed by atoms with Gasteiger partial charge in [-0.25, -0.2) is 0 Å². The van der Waals surface area contributed by atoms with Crippen LogP contribution in [0, 0.1) is 86.3 Å². The van der Waals surface area contributed by atoms with Gasteiger partial charge in [0.05, 0.1) is 24.4 Å². The molecule has 15 aliphatic carbocycles. The Balaban J connectivity index is 0.000000100. The molecule has 5 aromatic rings. The topological polar surface area (TPSA) is 208 Å². The Morgan fingerprint density at radius 3 is 0.779 bits per heavy atom. The van der Waals surface area contributed by atoms with Crippen molar-refractivity contribution in [3.05, 3.63) is 147 Å². The van der Waals surface area contributed by atoms with Gasteiger partial charge in [-0.3, -0.25) is 4.79 Å². The summed E-state index contributed by atoms with van der Waals surface area (Å²) in [5, 5.41) is 90.0. The fourth-order valence-electron chi connectivity index (χ4n) is 28.1. The van der Waals surface area contributed by atoms with E-state index in [1.54, 1.807) is 0 Å². The van der Waals surface area contributed by atoms with Crippen LogP contribution in [0.25, 0.3) is 0 Å². The highest BCUT2D eigenvalue weighted by atomic mass is 16.5. The number of carbonyl (C=O) groups excluding carboxylic acids is 1. The third-order valence-corrected chi connectivity index (χ3v) is 33.8. The molecule has 0 aliphatic heterocycles. The summed E-state index contributed by atoms with van der Waals surface area (Å²) in [5.74, 6) is 12.3. The highest BCUT2D eigenvalue weighted by Crippen LogP contribution is 2.67. The summed E-state index contributed by atoms with van der Waals surface area (Å²) in [4.78, 5) is 11.8.